The van der Waals surface area contributed by atoms with E-state index in [0.29, 0.717) is 11.5 Å². The van der Waals surface area contributed by atoms with E-state index in [0.717, 1.165) is 30.0 Å². The molecule has 1 saturated heterocycles. The molecular formula is C18H20N2O2. The lowest BCUT2D eigenvalue weighted by Gasteiger charge is -2.29. The van der Waals surface area contributed by atoms with Gasteiger partial charge in [0.2, 0.25) is 0 Å². The molecule has 1 aliphatic rings. The minimum absolute atomic E-state index is 0.300. The molecule has 0 saturated carbocycles. The molecule has 1 aromatic heterocycles. The molecule has 1 fully saturated rings. The summed E-state index contributed by atoms with van der Waals surface area (Å²) in [5.74, 6) is -0.421. The van der Waals surface area contributed by atoms with E-state index in [1.165, 1.54) is 12.8 Å². The van der Waals surface area contributed by atoms with Crippen LogP contribution in [0, 0.1) is 0 Å². The van der Waals surface area contributed by atoms with Crippen molar-refractivity contribution in [2.24, 2.45) is 0 Å². The first kappa shape index (κ1) is 14.7. The fraction of sp³-hybridized carbons (Fsp3) is 0.333. The molecule has 2 heterocycles. The molecule has 0 amide bonds. The van der Waals surface area contributed by atoms with Crippen molar-refractivity contribution in [2.75, 3.05) is 20.1 Å². The summed E-state index contributed by atoms with van der Waals surface area (Å²) >= 11 is 0. The van der Waals surface area contributed by atoms with Gasteiger partial charge < -0.3 is 10.0 Å². The summed E-state index contributed by atoms with van der Waals surface area (Å²) in [4.78, 5) is 18.1. The highest BCUT2D eigenvalue weighted by molar-refractivity contribution is 5.88. The number of carboxylic acid groups (broad SMARTS) is 1. The Bertz CT molecular complexity index is 667. The van der Waals surface area contributed by atoms with Crippen LogP contribution in [0.15, 0.2) is 42.5 Å². The van der Waals surface area contributed by atoms with Gasteiger partial charge in [-0.2, -0.15) is 0 Å². The fourth-order valence-corrected chi connectivity index (χ4v) is 3.03. The lowest BCUT2D eigenvalue weighted by atomic mass is 9.94. The number of hydrogen-bond acceptors (Lipinski definition) is 3. The Hall–Kier alpha value is -2.20. The summed E-state index contributed by atoms with van der Waals surface area (Å²) in [5, 5.41) is 8.97. The van der Waals surface area contributed by atoms with E-state index in [4.69, 9.17) is 10.1 Å². The molecule has 0 radical (unpaired) electrons. The number of nitrogens with zero attached hydrogens (tertiary/aromatic N) is 2. The van der Waals surface area contributed by atoms with Gasteiger partial charge in [-0.3, -0.25) is 4.98 Å². The van der Waals surface area contributed by atoms with Crippen molar-refractivity contribution in [3.05, 3.63) is 53.7 Å². The van der Waals surface area contributed by atoms with Crippen LogP contribution in [0.3, 0.4) is 0 Å². The first-order valence-corrected chi connectivity index (χ1v) is 7.63. The maximum Gasteiger partial charge on any atom is 0.335 e. The maximum atomic E-state index is 10.9. The molecule has 0 aliphatic carbocycles. The van der Waals surface area contributed by atoms with Crippen LogP contribution in [0.2, 0.25) is 0 Å². The van der Waals surface area contributed by atoms with Crippen molar-refractivity contribution in [1.82, 2.24) is 9.88 Å². The van der Waals surface area contributed by atoms with Gasteiger partial charge in [0.25, 0.3) is 0 Å². The van der Waals surface area contributed by atoms with Gasteiger partial charge in [-0.1, -0.05) is 18.2 Å². The average molecular weight is 296 g/mol. The van der Waals surface area contributed by atoms with Gasteiger partial charge in [0.1, 0.15) is 0 Å². The number of likely N-dealkylation sites (N-methyl/N-ethyl adjacent to an activating group) is 1. The van der Waals surface area contributed by atoms with Crippen LogP contribution in [-0.4, -0.2) is 41.1 Å². The summed E-state index contributed by atoms with van der Waals surface area (Å²) in [7, 11) is 2.15. The number of piperidine rings is 1. The number of carbonyl (C=O) groups is 1. The van der Waals surface area contributed by atoms with E-state index >= 15 is 0 Å². The van der Waals surface area contributed by atoms with Crippen molar-refractivity contribution >= 4 is 5.97 Å². The molecule has 2 aromatic rings. The molecule has 4 nitrogen and oxygen atoms in total. The smallest absolute Gasteiger partial charge is 0.335 e. The van der Waals surface area contributed by atoms with Crippen LogP contribution in [-0.2, 0) is 0 Å². The lowest BCUT2D eigenvalue weighted by molar-refractivity contribution is 0.0697. The third-order valence-electron chi connectivity index (χ3n) is 4.24. The second-order valence-corrected chi connectivity index (χ2v) is 5.93. The van der Waals surface area contributed by atoms with Crippen LogP contribution in [0.1, 0.15) is 34.8 Å². The van der Waals surface area contributed by atoms with Crippen molar-refractivity contribution in [1.29, 1.82) is 0 Å². The van der Waals surface area contributed by atoms with Crippen LogP contribution >= 0.6 is 0 Å². The monoisotopic (exact) mass is 296 g/mol. The first-order chi connectivity index (χ1) is 10.6. The number of aromatic nitrogens is 1. The van der Waals surface area contributed by atoms with Gasteiger partial charge in [0.05, 0.1) is 11.3 Å². The number of carboxylic acids is 1. The van der Waals surface area contributed by atoms with Crippen molar-refractivity contribution in [2.45, 2.75) is 18.8 Å². The maximum absolute atomic E-state index is 10.9. The SMILES string of the molecule is CN1CCCC(c2cccc(-c3ccc(C(=O)O)cc3)n2)C1. The highest BCUT2D eigenvalue weighted by Crippen LogP contribution is 2.27. The summed E-state index contributed by atoms with van der Waals surface area (Å²) in [6, 6.07) is 13.0. The zero-order chi connectivity index (χ0) is 15.5. The molecule has 0 bridgehead atoms. The molecule has 4 heteroatoms. The van der Waals surface area contributed by atoms with E-state index in [2.05, 4.69) is 18.0 Å². The van der Waals surface area contributed by atoms with E-state index < -0.39 is 5.97 Å². The third kappa shape index (κ3) is 3.17. The van der Waals surface area contributed by atoms with Crippen molar-refractivity contribution in [3.63, 3.8) is 0 Å². The Balaban J connectivity index is 1.85. The molecule has 114 valence electrons. The molecule has 1 aromatic carbocycles. The molecule has 0 spiro atoms. The van der Waals surface area contributed by atoms with Gasteiger partial charge in [0, 0.05) is 23.7 Å². The predicted molar refractivity (Wildman–Crippen MR) is 86.1 cm³/mol. The number of pyridine rings is 1. The van der Waals surface area contributed by atoms with Crippen LogP contribution in [0.4, 0.5) is 0 Å². The number of rotatable bonds is 3. The second-order valence-electron chi connectivity index (χ2n) is 5.93. The fourth-order valence-electron chi connectivity index (χ4n) is 3.03. The molecule has 1 aliphatic heterocycles. The minimum atomic E-state index is -0.904. The summed E-state index contributed by atoms with van der Waals surface area (Å²) in [6.45, 7) is 2.21. The Morgan fingerprint density at radius 2 is 2.00 bits per heavy atom. The number of aromatic carboxylic acids is 1. The highest BCUT2D eigenvalue weighted by atomic mass is 16.4. The zero-order valence-electron chi connectivity index (χ0n) is 12.7. The Kier molecular flexibility index (Phi) is 4.20. The molecule has 1 N–H and O–H groups in total. The lowest BCUT2D eigenvalue weighted by Crippen LogP contribution is -2.31. The summed E-state index contributed by atoms with van der Waals surface area (Å²) in [5.41, 5.74) is 3.29. The number of likely N-dealkylation sites (tertiary alicyclic amines) is 1. The highest BCUT2D eigenvalue weighted by Gasteiger charge is 2.20. The number of hydrogen-bond donors (Lipinski definition) is 1. The minimum Gasteiger partial charge on any atom is -0.478 e. The Morgan fingerprint density at radius 3 is 2.68 bits per heavy atom. The quantitative estimate of drug-likeness (QED) is 0.944. The van der Waals surface area contributed by atoms with Gasteiger partial charge >= 0.3 is 5.97 Å². The van der Waals surface area contributed by atoms with E-state index in [1.54, 1.807) is 12.1 Å². The first-order valence-electron chi connectivity index (χ1n) is 7.63. The van der Waals surface area contributed by atoms with Gasteiger partial charge in [-0.15, -0.1) is 0 Å². The van der Waals surface area contributed by atoms with Crippen LogP contribution in [0.5, 0.6) is 0 Å². The third-order valence-corrected chi connectivity index (χ3v) is 4.24. The van der Waals surface area contributed by atoms with Crippen molar-refractivity contribution in [3.8, 4) is 11.3 Å². The molecule has 22 heavy (non-hydrogen) atoms. The largest absolute Gasteiger partial charge is 0.478 e. The van der Waals surface area contributed by atoms with Gasteiger partial charge in [0.15, 0.2) is 0 Å². The Labute approximate surface area is 130 Å². The number of benzene rings is 1. The standard InChI is InChI=1S/C18H20N2O2/c1-20-11-3-4-15(12-20)17-6-2-5-16(19-17)13-7-9-14(10-8-13)18(21)22/h2,5-10,15H,3-4,11-12H2,1H3,(H,21,22). The summed E-state index contributed by atoms with van der Waals surface area (Å²) < 4.78 is 0. The van der Waals surface area contributed by atoms with E-state index in [1.807, 2.05) is 24.3 Å². The normalized spacial score (nSPS) is 19.0. The van der Waals surface area contributed by atoms with Gasteiger partial charge in [-0.25, -0.2) is 4.79 Å². The van der Waals surface area contributed by atoms with Gasteiger partial charge in [-0.05, 0) is 50.7 Å². The Morgan fingerprint density at radius 1 is 1.23 bits per heavy atom. The predicted octanol–water partition coefficient (Wildman–Crippen LogP) is 3.26. The van der Waals surface area contributed by atoms with Crippen molar-refractivity contribution < 1.29 is 9.90 Å². The molecule has 3 rings (SSSR count). The molecule has 1 atom stereocenters. The summed E-state index contributed by atoms with van der Waals surface area (Å²) in [6.07, 6.45) is 2.39. The van der Waals surface area contributed by atoms with E-state index in [-0.39, 0.29) is 0 Å². The average Bonchev–Trinajstić information content (AvgIpc) is 2.55. The molecule has 1 unspecified atom stereocenters. The van der Waals surface area contributed by atoms with E-state index in [9.17, 15) is 4.79 Å². The second kappa shape index (κ2) is 6.28. The topological polar surface area (TPSA) is 53.4 Å². The molecular weight excluding hydrogens is 276 g/mol. The van der Waals surface area contributed by atoms with Crippen LogP contribution in [0.25, 0.3) is 11.3 Å². The zero-order valence-corrected chi connectivity index (χ0v) is 12.7. The van der Waals surface area contributed by atoms with Crippen LogP contribution < -0.4 is 0 Å².